The number of piperidine rings is 3. The normalized spacial score (nSPS) is 24.6. The number of nitrogens with one attached hydrogen (secondary N) is 2. The second-order valence-corrected chi connectivity index (χ2v) is 10.3. The van der Waals surface area contributed by atoms with Crippen LogP contribution >= 0.6 is 0 Å². The van der Waals surface area contributed by atoms with Crippen molar-refractivity contribution in [2.75, 3.05) is 30.6 Å². The van der Waals surface area contributed by atoms with Crippen molar-refractivity contribution in [1.29, 1.82) is 0 Å². The molecule has 6 rings (SSSR count). The van der Waals surface area contributed by atoms with Crippen LogP contribution in [-0.4, -0.2) is 51.2 Å². The highest BCUT2D eigenvalue weighted by Gasteiger charge is 2.35. The zero-order valence-corrected chi connectivity index (χ0v) is 18.2. The molecule has 3 aromatic rings. The SMILES string of the molecule is CS(=O)(=[OH+])Nc1cccc(-c2cccc3cc(C(=O)N[C@H]4CN5CCC4CC5)oc23)c1. The summed E-state index contributed by atoms with van der Waals surface area (Å²) in [5, 5.41) is 4.02. The van der Waals surface area contributed by atoms with E-state index in [1.807, 2.05) is 30.3 Å². The van der Waals surface area contributed by atoms with Crippen molar-refractivity contribution >= 4 is 32.6 Å². The predicted octanol–water partition coefficient (Wildman–Crippen LogP) is 3.45. The van der Waals surface area contributed by atoms with Gasteiger partial charge in [-0.3, -0.25) is 4.79 Å². The van der Waals surface area contributed by atoms with Crippen molar-refractivity contribution in [2.24, 2.45) is 5.92 Å². The van der Waals surface area contributed by atoms with Crippen LogP contribution in [0.15, 0.2) is 52.9 Å². The third-order valence-corrected chi connectivity index (χ3v) is 6.84. The molecule has 2 atom stereocenters. The summed E-state index contributed by atoms with van der Waals surface area (Å²) in [6.07, 6.45) is 3.50. The standard InChI is InChI=1S/C23H25N3O4S/c1-31(28,29)25-18-6-2-4-16(12-18)19-7-3-5-17-13-21(30-22(17)19)23(27)24-20-14-26-10-8-15(20)9-11-26/h2-7,12-13,15,20H,8-11,14H2,1H3,(H,24,27)(H,25,28,29)/p+1/t20-/m0/s1. The molecule has 3 N–H and O–H groups in total. The first-order valence-electron chi connectivity index (χ1n) is 10.5. The lowest BCUT2D eigenvalue weighted by atomic mass is 9.84. The van der Waals surface area contributed by atoms with Gasteiger partial charge in [0.1, 0.15) is 11.8 Å². The Morgan fingerprint density at radius 1 is 1.16 bits per heavy atom. The number of fused-ring (bicyclic) bond motifs is 4. The van der Waals surface area contributed by atoms with Crippen LogP contribution in [0.4, 0.5) is 5.69 Å². The molecule has 3 aliphatic rings. The highest BCUT2D eigenvalue weighted by Crippen LogP contribution is 2.33. The molecule has 0 aliphatic carbocycles. The minimum atomic E-state index is -3.12. The highest BCUT2D eigenvalue weighted by atomic mass is 32.2. The quantitative estimate of drug-likeness (QED) is 0.594. The van der Waals surface area contributed by atoms with Crippen molar-refractivity contribution < 1.29 is 17.6 Å². The summed E-state index contributed by atoms with van der Waals surface area (Å²) in [5.74, 6) is 0.673. The third-order valence-electron chi connectivity index (χ3n) is 6.22. The Bertz CT molecular complexity index is 1240. The second-order valence-electron chi connectivity index (χ2n) is 8.54. The molecule has 0 spiro atoms. The monoisotopic (exact) mass is 440 g/mol. The lowest BCUT2D eigenvalue weighted by Crippen LogP contribution is -2.57. The van der Waals surface area contributed by atoms with Gasteiger partial charge in [0.05, 0.1) is 5.69 Å². The fraction of sp³-hybridized carbons (Fsp3) is 0.348. The van der Waals surface area contributed by atoms with Crippen molar-refractivity contribution in [3.63, 3.8) is 0 Å². The van der Waals surface area contributed by atoms with Crippen LogP contribution in [-0.2, 0) is 10.0 Å². The predicted molar refractivity (Wildman–Crippen MR) is 122 cm³/mol. The average molecular weight is 441 g/mol. The molecule has 1 unspecified atom stereocenters. The molecule has 7 nitrogen and oxygen atoms in total. The van der Waals surface area contributed by atoms with Gasteiger partial charge in [0.15, 0.2) is 5.76 Å². The molecule has 3 fully saturated rings. The minimum absolute atomic E-state index is 0.174. The van der Waals surface area contributed by atoms with Gasteiger partial charge >= 0.3 is 10.0 Å². The summed E-state index contributed by atoms with van der Waals surface area (Å²) in [5.41, 5.74) is 2.82. The zero-order chi connectivity index (χ0) is 21.6. The summed E-state index contributed by atoms with van der Waals surface area (Å²) in [6, 6.07) is 15.0. The summed E-state index contributed by atoms with van der Waals surface area (Å²) >= 11 is 0. The Morgan fingerprint density at radius 2 is 1.94 bits per heavy atom. The summed E-state index contributed by atoms with van der Waals surface area (Å²) in [6.45, 7) is 3.16. The van der Waals surface area contributed by atoms with Crippen LogP contribution in [0.3, 0.4) is 0 Å². The van der Waals surface area contributed by atoms with E-state index >= 15 is 0 Å². The Hall–Kier alpha value is -2.84. The van der Waals surface area contributed by atoms with Crippen molar-refractivity contribution in [3.05, 3.63) is 54.3 Å². The van der Waals surface area contributed by atoms with Crippen LogP contribution < -0.4 is 10.0 Å². The van der Waals surface area contributed by atoms with Crippen molar-refractivity contribution in [1.82, 2.24) is 10.2 Å². The molecule has 2 bridgehead atoms. The number of para-hydroxylation sites is 1. The van der Waals surface area contributed by atoms with Gasteiger partial charge in [0, 0.05) is 23.5 Å². The number of furan rings is 1. The van der Waals surface area contributed by atoms with E-state index in [-0.39, 0.29) is 11.9 Å². The summed E-state index contributed by atoms with van der Waals surface area (Å²) < 4.78 is 29.9. The summed E-state index contributed by atoms with van der Waals surface area (Å²) in [4.78, 5) is 15.3. The number of amides is 1. The number of carbonyl (C=O) groups is 1. The number of anilines is 1. The summed E-state index contributed by atoms with van der Waals surface area (Å²) in [7, 11) is -3.12. The van der Waals surface area contributed by atoms with E-state index < -0.39 is 10.0 Å². The van der Waals surface area contributed by atoms with Gasteiger partial charge < -0.3 is 14.6 Å². The van der Waals surface area contributed by atoms with Gasteiger partial charge in [0.25, 0.3) is 5.91 Å². The maximum absolute atomic E-state index is 12.9. The topological polar surface area (TPSA) is 96.0 Å². The van der Waals surface area contributed by atoms with E-state index in [0.29, 0.717) is 22.9 Å². The molecular formula is C23H26N3O4S+. The Labute approximate surface area is 181 Å². The molecule has 0 saturated carbocycles. The van der Waals surface area contributed by atoms with E-state index in [9.17, 15) is 13.2 Å². The van der Waals surface area contributed by atoms with Crippen LogP contribution in [0.1, 0.15) is 23.4 Å². The average Bonchev–Trinajstić information content (AvgIpc) is 3.18. The number of benzene rings is 2. The fourth-order valence-corrected chi connectivity index (χ4v) is 5.30. The van der Waals surface area contributed by atoms with Gasteiger partial charge in [-0.1, -0.05) is 30.3 Å². The minimum Gasteiger partial charge on any atom is -0.450 e. The number of hydrogen-bond donors (Lipinski definition) is 2. The first kappa shape index (κ1) is 20.1. The molecular weight excluding hydrogens is 414 g/mol. The van der Waals surface area contributed by atoms with E-state index in [0.717, 1.165) is 49.0 Å². The Morgan fingerprint density at radius 3 is 2.65 bits per heavy atom. The zero-order valence-electron chi connectivity index (χ0n) is 17.3. The van der Waals surface area contributed by atoms with Crippen LogP contribution in [0, 0.1) is 5.92 Å². The molecule has 1 amide bonds. The maximum Gasteiger partial charge on any atom is 0.363 e. The number of nitrogens with zero attached hydrogens (tertiary/aromatic N) is 1. The van der Waals surface area contributed by atoms with Gasteiger partial charge in [-0.15, -0.1) is 0 Å². The molecule has 4 heterocycles. The number of rotatable bonds is 5. The third kappa shape index (κ3) is 4.18. The smallest absolute Gasteiger partial charge is 0.363 e. The van der Waals surface area contributed by atoms with Crippen molar-refractivity contribution in [2.45, 2.75) is 18.9 Å². The van der Waals surface area contributed by atoms with E-state index in [4.69, 9.17) is 4.42 Å². The lowest BCUT2D eigenvalue weighted by Gasteiger charge is -2.44. The maximum atomic E-state index is 12.9. The van der Waals surface area contributed by atoms with E-state index in [1.165, 1.54) is 6.26 Å². The largest absolute Gasteiger partial charge is 0.450 e. The molecule has 1 aromatic heterocycles. The van der Waals surface area contributed by atoms with E-state index in [1.54, 1.807) is 18.2 Å². The Balaban J connectivity index is 1.43. The van der Waals surface area contributed by atoms with Crippen LogP contribution in [0.5, 0.6) is 0 Å². The van der Waals surface area contributed by atoms with Crippen molar-refractivity contribution in [3.8, 4) is 11.1 Å². The van der Waals surface area contributed by atoms with Gasteiger partial charge in [-0.05, 0) is 55.6 Å². The number of hydrogen-bond acceptors (Lipinski definition) is 4. The molecule has 0 radical (unpaired) electrons. The molecule has 162 valence electrons. The highest BCUT2D eigenvalue weighted by molar-refractivity contribution is 7.92. The second kappa shape index (κ2) is 7.69. The van der Waals surface area contributed by atoms with E-state index in [2.05, 4.69) is 14.9 Å². The van der Waals surface area contributed by atoms with Gasteiger partial charge in [0.2, 0.25) is 0 Å². The van der Waals surface area contributed by atoms with Crippen LogP contribution in [0.25, 0.3) is 22.1 Å². The molecule has 3 saturated heterocycles. The molecule has 3 aliphatic heterocycles. The fourth-order valence-electron chi connectivity index (χ4n) is 4.74. The molecule has 2 aromatic carbocycles. The lowest BCUT2D eigenvalue weighted by molar-refractivity contribution is 0.0607. The van der Waals surface area contributed by atoms with Crippen LogP contribution in [0.2, 0.25) is 0 Å². The van der Waals surface area contributed by atoms with Gasteiger partial charge in [-0.25, -0.2) is 8.93 Å². The number of carbonyl (C=O) groups excluding carboxylic acids is 1. The first-order valence-corrected chi connectivity index (χ1v) is 12.4. The Kier molecular flexibility index (Phi) is 4.98. The van der Waals surface area contributed by atoms with Gasteiger partial charge in [-0.2, -0.15) is 4.21 Å². The molecule has 31 heavy (non-hydrogen) atoms. The molecule has 8 heteroatoms. The first-order chi connectivity index (χ1) is 14.9.